The number of amides is 1. The van der Waals surface area contributed by atoms with Crippen molar-refractivity contribution < 1.29 is 14.3 Å². The van der Waals surface area contributed by atoms with Gasteiger partial charge in [0.2, 0.25) is 0 Å². The molecule has 35 heavy (non-hydrogen) atoms. The average molecular weight is 465 g/mol. The summed E-state index contributed by atoms with van der Waals surface area (Å²) in [5, 5.41) is 6.00. The lowest BCUT2D eigenvalue weighted by Gasteiger charge is -2.18. The lowest BCUT2D eigenvalue weighted by atomic mass is 9.87. The van der Waals surface area contributed by atoms with Crippen LogP contribution in [0.25, 0.3) is 10.8 Å². The van der Waals surface area contributed by atoms with Crippen LogP contribution in [0.1, 0.15) is 58.2 Å². The number of hydrazone groups is 1. The summed E-state index contributed by atoms with van der Waals surface area (Å²) in [6.45, 7) is 8.30. The minimum Gasteiger partial charge on any atom is -0.422 e. The Morgan fingerprint density at radius 1 is 0.857 bits per heavy atom. The molecule has 0 heterocycles. The van der Waals surface area contributed by atoms with Crippen molar-refractivity contribution >= 4 is 28.9 Å². The molecule has 5 nitrogen and oxygen atoms in total. The van der Waals surface area contributed by atoms with Crippen LogP contribution in [0.5, 0.6) is 5.75 Å². The van der Waals surface area contributed by atoms with Gasteiger partial charge in [0.25, 0.3) is 5.91 Å². The van der Waals surface area contributed by atoms with Gasteiger partial charge in [-0.25, -0.2) is 10.2 Å². The monoisotopic (exact) mass is 464 g/mol. The van der Waals surface area contributed by atoms with Gasteiger partial charge in [-0.3, -0.25) is 4.79 Å². The molecule has 4 aromatic carbocycles. The Morgan fingerprint density at radius 2 is 1.60 bits per heavy atom. The van der Waals surface area contributed by atoms with Crippen LogP contribution in [0.2, 0.25) is 0 Å². The zero-order chi connectivity index (χ0) is 25.0. The highest BCUT2D eigenvalue weighted by Gasteiger charge is 2.15. The predicted octanol–water partition coefficient (Wildman–Crippen LogP) is 6.43. The molecule has 0 atom stereocenters. The highest BCUT2D eigenvalue weighted by molar-refractivity contribution is 6.04. The summed E-state index contributed by atoms with van der Waals surface area (Å²) in [6, 6.07) is 26.1. The molecule has 5 heteroatoms. The second-order valence-electron chi connectivity index (χ2n) is 9.48. The van der Waals surface area contributed by atoms with Crippen LogP contribution in [-0.4, -0.2) is 18.1 Å². The molecule has 1 N–H and O–H groups in total. The lowest BCUT2D eigenvalue weighted by Crippen LogP contribution is -2.18. The van der Waals surface area contributed by atoms with Crippen molar-refractivity contribution in [3.63, 3.8) is 0 Å². The Balaban J connectivity index is 1.58. The van der Waals surface area contributed by atoms with Gasteiger partial charge >= 0.3 is 5.97 Å². The zero-order valence-electron chi connectivity index (χ0n) is 20.3. The van der Waals surface area contributed by atoms with E-state index in [4.69, 9.17) is 4.74 Å². The van der Waals surface area contributed by atoms with Gasteiger partial charge in [-0.05, 0) is 59.0 Å². The normalized spacial score (nSPS) is 11.5. The maximum absolute atomic E-state index is 12.8. The molecule has 0 spiro atoms. The van der Waals surface area contributed by atoms with Crippen molar-refractivity contribution in [3.8, 4) is 5.75 Å². The van der Waals surface area contributed by atoms with Crippen molar-refractivity contribution in [2.24, 2.45) is 5.10 Å². The molecule has 4 aromatic rings. The van der Waals surface area contributed by atoms with Crippen LogP contribution < -0.4 is 10.2 Å². The molecule has 0 aliphatic heterocycles. The summed E-state index contributed by atoms with van der Waals surface area (Å²) in [5.41, 5.74) is 6.29. The third-order valence-electron chi connectivity index (χ3n) is 5.76. The number of benzene rings is 4. The molecule has 0 fully saturated rings. The number of carbonyl (C=O) groups excluding carboxylic acids is 2. The zero-order valence-corrected chi connectivity index (χ0v) is 20.3. The fraction of sp³-hybridized carbons (Fsp3) is 0.167. The van der Waals surface area contributed by atoms with Gasteiger partial charge in [0, 0.05) is 11.1 Å². The molecular weight excluding hydrogens is 436 g/mol. The van der Waals surface area contributed by atoms with E-state index < -0.39 is 5.97 Å². The fourth-order valence-electron chi connectivity index (χ4n) is 3.77. The molecule has 0 unspecified atom stereocenters. The number of fused-ring (bicyclic) bond motifs is 1. The molecule has 176 valence electrons. The predicted molar refractivity (Wildman–Crippen MR) is 140 cm³/mol. The molecule has 0 saturated heterocycles. The standard InChI is InChI=1S/C30H28N2O3/c1-20-8-7-10-23(18-20)29(34)35-27-17-14-21-9-5-6-11-25(21)26(27)19-31-32-28(33)22-12-15-24(16-13-22)30(2,3)4/h5-19H,1-4H3,(H,32,33)/b31-19+. The maximum atomic E-state index is 12.8. The van der Waals surface area contributed by atoms with E-state index in [9.17, 15) is 9.59 Å². The minimum atomic E-state index is -0.457. The average Bonchev–Trinajstić information content (AvgIpc) is 2.84. The largest absolute Gasteiger partial charge is 0.422 e. The van der Waals surface area contributed by atoms with E-state index in [-0.39, 0.29) is 11.3 Å². The van der Waals surface area contributed by atoms with Gasteiger partial charge in [-0.2, -0.15) is 5.10 Å². The summed E-state index contributed by atoms with van der Waals surface area (Å²) in [4.78, 5) is 25.4. The molecule has 4 rings (SSSR count). The van der Waals surface area contributed by atoms with Crippen LogP contribution in [0, 0.1) is 6.92 Å². The summed E-state index contributed by atoms with van der Waals surface area (Å²) in [7, 11) is 0. The van der Waals surface area contributed by atoms with E-state index in [2.05, 4.69) is 31.3 Å². The molecule has 0 aliphatic carbocycles. The first-order valence-electron chi connectivity index (χ1n) is 11.5. The summed E-state index contributed by atoms with van der Waals surface area (Å²) in [6.07, 6.45) is 1.52. The van der Waals surface area contributed by atoms with Crippen LogP contribution in [-0.2, 0) is 5.41 Å². The van der Waals surface area contributed by atoms with E-state index in [1.807, 2.05) is 61.5 Å². The third-order valence-corrected chi connectivity index (χ3v) is 5.76. The van der Waals surface area contributed by atoms with Crippen molar-refractivity contribution in [2.75, 3.05) is 0 Å². The smallest absolute Gasteiger partial charge is 0.343 e. The first kappa shape index (κ1) is 23.9. The van der Waals surface area contributed by atoms with Gasteiger partial charge in [-0.15, -0.1) is 0 Å². The molecular formula is C30H28N2O3. The molecule has 0 radical (unpaired) electrons. The van der Waals surface area contributed by atoms with Gasteiger partial charge in [0.05, 0.1) is 11.8 Å². The summed E-state index contributed by atoms with van der Waals surface area (Å²) in [5.74, 6) is -0.412. The van der Waals surface area contributed by atoms with Gasteiger partial charge in [0.1, 0.15) is 5.75 Å². The number of nitrogens with one attached hydrogen (secondary N) is 1. The number of hydrogen-bond acceptors (Lipinski definition) is 4. The number of aryl methyl sites for hydroxylation is 1. The highest BCUT2D eigenvalue weighted by atomic mass is 16.5. The lowest BCUT2D eigenvalue weighted by molar-refractivity contribution is 0.0734. The SMILES string of the molecule is Cc1cccc(C(=O)Oc2ccc3ccccc3c2/C=N/NC(=O)c2ccc(C(C)(C)C)cc2)c1. The summed E-state index contributed by atoms with van der Waals surface area (Å²) >= 11 is 0. The van der Waals surface area contributed by atoms with E-state index in [0.29, 0.717) is 22.4 Å². The second kappa shape index (κ2) is 9.94. The van der Waals surface area contributed by atoms with Crippen LogP contribution >= 0.6 is 0 Å². The number of rotatable bonds is 5. The van der Waals surface area contributed by atoms with Crippen molar-refractivity contribution in [3.05, 3.63) is 113 Å². The van der Waals surface area contributed by atoms with Crippen LogP contribution in [0.4, 0.5) is 0 Å². The molecule has 0 bridgehead atoms. The quantitative estimate of drug-likeness (QED) is 0.160. The van der Waals surface area contributed by atoms with E-state index in [0.717, 1.165) is 21.9 Å². The van der Waals surface area contributed by atoms with Gasteiger partial charge in [0.15, 0.2) is 0 Å². The number of hydrogen-bond donors (Lipinski definition) is 1. The molecule has 0 saturated carbocycles. The Kier molecular flexibility index (Phi) is 6.78. The van der Waals surface area contributed by atoms with E-state index in [1.165, 1.54) is 6.21 Å². The topological polar surface area (TPSA) is 67.8 Å². The van der Waals surface area contributed by atoms with Crippen molar-refractivity contribution in [2.45, 2.75) is 33.1 Å². The first-order chi connectivity index (χ1) is 16.7. The number of nitrogens with zero attached hydrogens (tertiary/aromatic N) is 1. The summed E-state index contributed by atoms with van der Waals surface area (Å²) < 4.78 is 5.74. The first-order valence-corrected chi connectivity index (χ1v) is 11.5. The van der Waals surface area contributed by atoms with Crippen molar-refractivity contribution in [1.82, 2.24) is 5.43 Å². The highest BCUT2D eigenvalue weighted by Crippen LogP contribution is 2.27. The van der Waals surface area contributed by atoms with Crippen LogP contribution in [0.3, 0.4) is 0 Å². The van der Waals surface area contributed by atoms with Crippen molar-refractivity contribution in [1.29, 1.82) is 0 Å². The Bertz CT molecular complexity index is 1410. The third kappa shape index (κ3) is 5.64. The molecule has 0 aliphatic rings. The Hall–Kier alpha value is -4.25. The number of esters is 1. The van der Waals surface area contributed by atoms with Gasteiger partial charge in [-0.1, -0.05) is 80.9 Å². The minimum absolute atomic E-state index is 0.00774. The van der Waals surface area contributed by atoms with E-state index >= 15 is 0 Å². The molecule has 0 aromatic heterocycles. The van der Waals surface area contributed by atoms with E-state index in [1.54, 1.807) is 30.3 Å². The number of ether oxygens (including phenoxy) is 1. The maximum Gasteiger partial charge on any atom is 0.343 e. The number of carbonyl (C=O) groups is 2. The van der Waals surface area contributed by atoms with Crippen LogP contribution in [0.15, 0.2) is 90.0 Å². The fourth-order valence-corrected chi connectivity index (χ4v) is 3.77. The molecule has 1 amide bonds. The Morgan fingerprint density at radius 3 is 2.31 bits per heavy atom. The second-order valence-corrected chi connectivity index (χ2v) is 9.48. The van der Waals surface area contributed by atoms with Gasteiger partial charge < -0.3 is 4.74 Å². The Labute approximate surface area is 205 Å².